The number of aryl methyl sites for hydroxylation is 1. The molecule has 1 amide bonds. The number of pyridine rings is 1. The quantitative estimate of drug-likeness (QED) is 0.557. The van der Waals surface area contributed by atoms with Gasteiger partial charge in [-0.1, -0.05) is 36.4 Å². The van der Waals surface area contributed by atoms with Gasteiger partial charge in [0.05, 0.1) is 5.52 Å². The van der Waals surface area contributed by atoms with Crippen molar-refractivity contribution in [1.29, 1.82) is 0 Å². The first kappa shape index (κ1) is 17.6. The van der Waals surface area contributed by atoms with E-state index in [1.165, 1.54) is 11.0 Å². The van der Waals surface area contributed by atoms with Crippen molar-refractivity contribution in [2.75, 3.05) is 5.32 Å². The highest BCUT2D eigenvalue weighted by Crippen LogP contribution is 2.21. The molecule has 0 aliphatic carbocycles. The molecule has 28 heavy (non-hydrogen) atoms. The predicted molar refractivity (Wildman–Crippen MR) is 105 cm³/mol. The number of nitrogens with one attached hydrogen (secondary N) is 2. The molecule has 0 aliphatic heterocycles. The second kappa shape index (κ2) is 7.43. The zero-order valence-corrected chi connectivity index (χ0v) is 15.2. The van der Waals surface area contributed by atoms with Gasteiger partial charge in [0.15, 0.2) is 0 Å². The van der Waals surface area contributed by atoms with E-state index < -0.39 is 6.04 Å². The topological polar surface area (TPSA) is 106 Å². The minimum Gasteiger partial charge on any atom is -0.324 e. The lowest BCUT2D eigenvalue weighted by molar-refractivity contribution is -0.119. The summed E-state index contributed by atoms with van der Waals surface area (Å²) in [4.78, 5) is 27.5. The second-order valence-corrected chi connectivity index (χ2v) is 6.56. The standard InChI is InChI=1S/C20H18N6O2/c1-13-9-19(27)23-17-11-15(7-8-16(13)17)22-20(28)18(26-12-21-24-25-26)10-14-5-3-2-4-6-14/h2-9,11-12,18H,10H2,1H3,(H,22,28)(H,23,27)/t18-/m0/s1. The lowest BCUT2D eigenvalue weighted by atomic mass is 10.1. The number of nitrogens with zero attached hydrogens (tertiary/aromatic N) is 4. The molecule has 0 bridgehead atoms. The first-order valence-corrected chi connectivity index (χ1v) is 8.81. The van der Waals surface area contributed by atoms with Crippen molar-refractivity contribution < 1.29 is 4.79 Å². The van der Waals surface area contributed by atoms with E-state index in [1.807, 2.05) is 49.4 Å². The van der Waals surface area contributed by atoms with Gasteiger partial charge in [-0.2, -0.15) is 0 Å². The summed E-state index contributed by atoms with van der Waals surface area (Å²) in [6, 6.07) is 16.1. The highest BCUT2D eigenvalue weighted by molar-refractivity contribution is 5.96. The van der Waals surface area contributed by atoms with E-state index in [2.05, 4.69) is 25.8 Å². The van der Waals surface area contributed by atoms with Gasteiger partial charge in [-0.05, 0) is 40.6 Å². The van der Waals surface area contributed by atoms with Crippen LogP contribution in [-0.4, -0.2) is 31.1 Å². The molecule has 4 rings (SSSR count). The number of rotatable bonds is 5. The number of amides is 1. The third-order valence-electron chi connectivity index (χ3n) is 4.58. The van der Waals surface area contributed by atoms with Crippen LogP contribution in [0.3, 0.4) is 0 Å². The van der Waals surface area contributed by atoms with Crippen LogP contribution in [0, 0.1) is 6.92 Å². The number of aromatic amines is 1. The number of hydrogen-bond acceptors (Lipinski definition) is 5. The van der Waals surface area contributed by atoms with Gasteiger partial charge < -0.3 is 10.3 Å². The summed E-state index contributed by atoms with van der Waals surface area (Å²) in [5.41, 5.74) is 2.96. The fourth-order valence-electron chi connectivity index (χ4n) is 3.19. The number of hydrogen-bond donors (Lipinski definition) is 2. The summed E-state index contributed by atoms with van der Waals surface area (Å²) in [5.74, 6) is -0.245. The smallest absolute Gasteiger partial charge is 0.249 e. The Morgan fingerprint density at radius 3 is 2.75 bits per heavy atom. The van der Waals surface area contributed by atoms with Gasteiger partial charge in [-0.25, -0.2) is 4.68 Å². The lowest BCUT2D eigenvalue weighted by Crippen LogP contribution is -2.28. The number of anilines is 1. The van der Waals surface area contributed by atoms with Gasteiger partial charge in [0.2, 0.25) is 11.5 Å². The summed E-state index contributed by atoms with van der Waals surface area (Å²) < 4.78 is 1.44. The van der Waals surface area contributed by atoms with Crippen LogP contribution in [0.2, 0.25) is 0 Å². The van der Waals surface area contributed by atoms with Gasteiger partial charge in [-0.3, -0.25) is 9.59 Å². The maximum absolute atomic E-state index is 13.0. The zero-order chi connectivity index (χ0) is 19.5. The van der Waals surface area contributed by atoms with E-state index in [0.717, 1.165) is 16.5 Å². The van der Waals surface area contributed by atoms with Gasteiger partial charge in [0.1, 0.15) is 12.4 Å². The molecule has 0 saturated heterocycles. The van der Waals surface area contributed by atoms with E-state index in [9.17, 15) is 9.59 Å². The summed E-state index contributed by atoms with van der Waals surface area (Å²) in [6.07, 6.45) is 1.87. The van der Waals surface area contributed by atoms with Crippen LogP contribution in [-0.2, 0) is 11.2 Å². The number of carbonyl (C=O) groups is 1. The predicted octanol–water partition coefficient (Wildman–Crippen LogP) is 2.25. The third kappa shape index (κ3) is 3.66. The van der Waals surface area contributed by atoms with Crippen LogP contribution in [0.5, 0.6) is 0 Å². The molecule has 2 N–H and O–H groups in total. The molecule has 2 heterocycles. The van der Waals surface area contributed by atoms with E-state index in [0.29, 0.717) is 17.6 Å². The Balaban J connectivity index is 1.62. The van der Waals surface area contributed by atoms with Crippen molar-refractivity contribution in [3.63, 3.8) is 0 Å². The van der Waals surface area contributed by atoms with Crippen LogP contribution in [0.1, 0.15) is 17.2 Å². The maximum Gasteiger partial charge on any atom is 0.249 e. The maximum atomic E-state index is 13.0. The number of tetrazole rings is 1. The van der Waals surface area contributed by atoms with Crippen molar-refractivity contribution in [3.05, 3.63) is 82.4 Å². The fraction of sp³-hybridized carbons (Fsp3) is 0.150. The molecule has 2 aromatic carbocycles. The highest BCUT2D eigenvalue weighted by atomic mass is 16.2. The van der Waals surface area contributed by atoms with Crippen molar-refractivity contribution in [3.8, 4) is 0 Å². The lowest BCUT2D eigenvalue weighted by Gasteiger charge is -2.17. The molecule has 2 aromatic heterocycles. The Labute approximate surface area is 160 Å². The van der Waals surface area contributed by atoms with Gasteiger partial charge in [0.25, 0.3) is 0 Å². The van der Waals surface area contributed by atoms with Gasteiger partial charge >= 0.3 is 0 Å². The Bertz CT molecular complexity index is 1170. The fourth-order valence-corrected chi connectivity index (χ4v) is 3.19. The van der Waals surface area contributed by atoms with Gasteiger partial charge in [0, 0.05) is 23.6 Å². The number of fused-ring (bicyclic) bond motifs is 1. The van der Waals surface area contributed by atoms with Crippen LogP contribution >= 0.6 is 0 Å². The number of benzene rings is 2. The average molecular weight is 374 g/mol. The average Bonchev–Trinajstić information content (AvgIpc) is 3.21. The molecule has 0 unspecified atom stereocenters. The number of aromatic nitrogens is 5. The molecule has 0 saturated carbocycles. The van der Waals surface area contributed by atoms with E-state index in [4.69, 9.17) is 0 Å². The SMILES string of the molecule is Cc1cc(=O)[nH]c2cc(NC(=O)[C@H](Cc3ccccc3)n3cnnn3)ccc12. The number of H-pyrrole nitrogens is 1. The minimum absolute atomic E-state index is 0.177. The first-order valence-electron chi connectivity index (χ1n) is 8.81. The van der Waals surface area contributed by atoms with Gasteiger partial charge in [-0.15, -0.1) is 5.10 Å². The molecule has 140 valence electrons. The van der Waals surface area contributed by atoms with Crippen molar-refractivity contribution >= 4 is 22.5 Å². The van der Waals surface area contributed by atoms with Crippen molar-refractivity contribution in [1.82, 2.24) is 25.2 Å². The summed E-state index contributed by atoms with van der Waals surface area (Å²) in [5, 5.41) is 15.0. The largest absolute Gasteiger partial charge is 0.324 e. The summed E-state index contributed by atoms with van der Waals surface area (Å²) in [6.45, 7) is 1.88. The van der Waals surface area contributed by atoms with Crippen LogP contribution < -0.4 is 10.9 Å². The van der Waals surface area contributed by atoms with E-state index in [-0.39, 0.29) is 11.5 Å². The minimum atomic E-state index is -0.607. The molecule has 0 radical (unpaired) electrons. The van der Waals surface area contributed by atoms with Crippen LogP contribution in [0.25, 0.3) is 10.9 Å². The Hall–Kier alpha value is -3.81. The Kier molecular flexibility index (Phi) is 4.67. The zero-order valence-electron chi connectivity index (χ0n) is 15.2. The van der Waals surface area contributed by atoms with Crippen LogP contribution in [0.4, 0.5) is 5.69 Å². The molecule has 0 aliphatic rings. The molecule has 0 spiro atoms. The normalized spacial score (nSPS) is 12.0. The highest BCUT2D eigenvalue weighted by Gasteiger charge is 2.22. The third-order valence-corrected chi connectivity index (χ3v) is 4.58. The summed E-state index contributed by atoms with van der Waals surface area (Å²) in [7, 11) is 0. The monoisotopic (exact) mass is 374 g/mol. The molecule has 4 aromatic rings. The number of carbonyl (C=O) groups excluding carboxylic acids is 1. The molecular weight excluding hydrogens is 356 g/mol. The molecule has 8 nitrogen and oxygen atoms in total. The Morgan fingerprint density at radius 2 is 2.00 bits per heavy atom. The second-order valence-electron chi connectivity index (χ2n) is 6.56. The molecule has 8 heteroatoms. The first-order chi connectivity index (χ1) is 13.6. The van der Waals surface area contributed by atoms with Crippen molar-refractivity contribution in [2.45, 2.75) is 19.4 Å². The van der Waals surface area contributed by atoms with Crippen LogP contribution in [0.15, 0.2) is 65.7 Å². The summed E-state index contributed by atoms with van der Waals surface area (Å²) >= 11 is 0. The molecular formula is C20H18N6O2. The van der Waals surface area contributed by atoms with E-state index >= 15 is 0 Å². The van der Waals surface area contributed by atoms with Crippen molar-refractivity contribution in [2.24, 2.45) is 0 Å². The Morgan fingerprint density at radius 1 is 1.18 bits per heavy atom. The molecule has 0 fully saturated rings. The molecule has 1 atom stereocenters. The van der Waals surface area contributed by atoms with E-state index in [1.54, 1.807) is 12.1 Å².